The van der Waals surface area contributed by atoms with Crippen molar-refractivity contribution in [3.8, 4) is 0 Å². The van der Waals surface area contributed by atoms with Gasteiger partial charge in [0.25, 0.3) is 5.91 Å². The van der Waals surface area contributed by atoms with Gasteiger partial charge in [-0.2, -0.15) is 4.31 Å². The first-order valence-corrected chi connectivity index (χ1v) is 11.5. The summed E-state index contributed by atoms with van der Waals surface area (Å²) in [7, 11) is -3.82. The van der Waals surface area contributed by atoms with Gasteiger partial charge in [0.1, 0.15) is 6.04 Å². The highest BCUT2D eigenvalue weighted by molar-refractivity contribution is 7.89. The number of piperidine rings is 1. The molecule has 1 heterocycles. The van der Waals surface area contributed by atoms with Gasteiger partial charge < -0.3 is 9.64 Å². The van der Waals surface area contributed by atoms with Crippen LogP contribution in [0.1, 0.15) is 26.2 Å². The third-order valence-corrected chi connectivity index (χ3v) is 7.02. The first-order chi connectivity index (χ1) is 14.4. The minimum Gasteiger partial charge on any atom is -0.454 e. The van der Waals surface area contributed by atoms with Crippen LogP contribution in [0, 0.1) is 0 Å². The Morgan fingerprint density at radius 1 is 1.03 bits per heavy atom. The van der Waals surface area contributed by atoms with E-state index < -0.39 is 28.6 Å². The predicted octanol–water partition coefficient (Wildman–Crippen LogP) is 2.83. The van der Waals surface area contributed by atoms with Gasteiger partial charge in [-0.05, 0) is 50.5 Å². The van der Waals surface area contributed by atoms with Crippen LogP contribution < -0.4 is 4.90 Å². The monoisotopic (exact) mass is 430 g/mol. The van der Waals surface area contributed by atoms with E-state index in [1.807, 2.05) is 25.1 Å². The van der Waals surface area contributed by atoms with Crippen LogP contribution >= 0.6 is 0 Å². The number of anilines is 1. The third kappa shape index (κ3) is 4.88. The van der Waals surface area contributed by atoms with Gasteiger partial charge in [-0.1, -0.05) is 36.4 Å². The maximum Gasteiger partial charge on any atom is 0.324 e. The average Bonchev–Trinajstić information content (AvgIpc) is 2.79. The lowest BCUT2D eigenvalue weighted by atomic mass is 10.1. The summed E-state index contributed by atoms with van der Waals surface area (Å²) < 4.78 is 32.5. The highest BCUT2D eigenvalue weighted by atomic mass is 32.2. The van der Waals surface area contributed by atoms with Gasteiger partial charge in [0.05, 0.1) is 4.90 Å². The number of carbonyl (C=O) groups excluding carboxylic acids is 2. The Bertz CT molecular complexity index is 964. The molecule has 30 heavy (non-hydrogen) atoms. The molecule has 8 heteroatoms. The maximum atomic E-state index is 13.0. The van der Waals surface area contributed by atoms with E-state index in [9.17, 15) is 18.0 Å². The molecule has 0 N–H and O–H groups in total. The fourth-order valence-corrected chi connectivity index (χ4v) is 5.24. The zero-order valence-corrected chi connectivity index (χ0v) is 17.8. The first kappa shape index (κ1) is 22.0. The molecule has 2 aromatic rings. The zero-order chi connectivity index (χ0) is 21.6. The summed E-state index contributed by atoms with van der Waals surface area (Å²) in [5, 5.41) is 0. The summed E-state index contributed by atoms with van der Waals surface area (Å²) in [6, 6.07) is 16.2. The van der Waals surface area contributed by atoms with Gasteiger partial charge >= 0.3 is 5.97 Å². The Hall–Kier alpha value is -2.71. The third-order valence-electron chi connectivity index (χ3n) is 5.10. The molecule has 0 bridgehead atoms. The molecule has 0 aliphatic carbocycles. The zero-order valence-electron chi connectivity index (χ0n) is 16.9. The van der Waals surface area contributed by atoms with Crippen LogP contribution in [0.3, 0.4) is 0 Å². The molecule has 7 nitrogen and oxygen atoms in total. The van der Waals surface area contributed by atoms with Crippen molar-refractivity contribution in [3.05, 3.63) is 60.7 Å². The molecule has 1 unspecified atom stereocenters. The second-order valence-corrected chi connectivity index (χ2v) is 8.91. The highest BCUT2D eigenvalue weighted by Crippen LogP contribution is 2.26. The number of likely N-dealkylation sites (N-methyl/N-ethyl adjacent to an activating group) is 1. The molecule has 160 valence electrons. The van der Waals surface area contributed by atoms with Gasteiger partial charge in [-0.3, -0.25) is 9.59 Å². The molecule has 1 fully saturated rings. The lowest BCUT2D eigenvalue weighted by molar-refractivity contribution is -0.152. The van der Waals surface area contributed by atoms with Gasteiger partial charge in [-0.15, -0.1) is 0 Å². The van der Waals surface area contributed by atoms with Crippen molar-refractivity contribution >= 4 is 27.6 Å². The van der Waals surface area contributed by atoms with Crippen molar-refractivity contribution in [2.24, 2.45) is 0 Å². The molecule has 0 aromatic heterocycles. The largest absolute Gasteiger partial charge is 0.454 e. The van der Waals surface area contributed by atoms with Gasteiger partial charge in [0.2, 0.25) is 10.0 Å². The summed E-state index contributed by atoms with van der Waals surface area (Å²) in [6.07, 6.45) is 1.77. The maximum absolute atomic E-state index is 13.0. The van der Waals surface area contributed by atoms with E-state index in [0.717, 1.165) is 6.42 Å². The molecule has 0 radical (unpaired) electrons. The lowest BCUT2D eigenvalue weighted by Gasteiger charge is -2.33. The molecule has 1 amide bonds. The van der Waals surface area contributed by atoms with Crippen LogP contribution in [0.25, 0.3) is 0 Å². The number of para-hydroxylation sites is 1. The number of benzene rings is 2. The van der Waals surface area contributed by atoms with Crippen LogP contribution in [-0.2, 0) is 24.3 Å². The van der Waals surface area contributed by atoms with Crippen molar-refractivity contribution in [1.29, 1.82) is 0 Å². The van der Waals surface area contributed by atoms with E-state index in [-0.39, 0.29) is 17.3 Å². The summed E-state index contributed by atoms with van der Waals surface area (Å²) in [4.78, 5) is 27.0. The molecule has 0 spiro atoms. The average molecular weight is 431 g/mol. The predicted molar refractivity (Wildman–Crippen MR) is 113 cm³/mol. The Balaban J connectivity index is 1.69. The molecule has 1 aliphatic rings. The van der Waals surface area contributed by atoms with Crippen LogP contribution in [0.5, 0.6) is 0 Å². The van der Waals surface area contributed by atoms with Crippen molar-refractivity contribution < 1.29 is 22.7 Å². The summed E-state index contributed by atoms with van der Waals surface area (Å²) in [6.45, 7) is 2.08. The number of hydrogen-bond acceptors (Lipinski definition) is 5. The second kappa shape index (κ2) is 9.86. The van der Waals surface area contributed by atoms with Gasteiger partial charge in [-0.25, -0.2) is 8.42 Å². The second-order valence-electron chi connectivity index (χ2n) is 7.02. The van der Waals surface area contributed by atoms with Gasteiger partial charge in [0, 0.05) is 18.8 Å². The van der Waals surface area contributed by atoms with Crippen LogP contribution in [0.4, 0.5) is 5.69 Å². The smallest absolute Gasteiger partial charge is 0.324 e. The number of ether oxygens (including phenoxy) is 1. The molecule has 2 aromatic carbocycles. The molecule has 1 saturated heterocycles. The van der Waals surface area contributed by atoms with Crippen molar-refractivity contribution in [2.45, 2.75) is 37.1 Å². The summed E-state index contributed by atoms with van der Waals surface area (Å²) in [5.41, 5.74) is 0.715. The molecule has 3 rings (SSSR count). The number of nitrogens with zero attached hydrogens (tertiary/aromatic N) is 2. The first-order valence-electron chi connectivity index (χ1n) is 10.0. The van der Waals surface area contributed by atoms with Crippen LogP contribution in [0.2, 0.25) is 0 Å². The fourth-order valence-electron chi connectivity index (χ4n) is 3.57. The minimum absolute atomic E-state index is 0.141. The molecule has 1 atom stereocenters. The number of esters is 1. The highest BCUT2D eigenvalue weighted by Gasteiger charge is 2.38. The van der Waals surface area contributed by atoms with E-state index in [1.54, 1.807) is 30.3 Å². The fraction of sp³-hybridized carbons (Fsp3) is 0.364. The Labute approximate surface area is 177 Å². The van der Waals surface area contributed by atoms with Crippen LogP contribution in [0.15, 0.2) is 65.6 Å². The number of hydrogen-bond donors (Lipinski definition) is 0. The van der Waals surface area contributed by atoms with E-state index in [4.69, 9.17) is 4.74 Å². The van der Waals surface area contributed by atoms with E-state index >= 15 is 0 Å². The van der Waals surface area contributed by atoms with E-state index in [0.29, 0.717) is 25.1 Å². The number of sulfonamides is 1. The standard InChI is InChI=1S/C22H26N2O5S/c1-2-23(18-11-5-3-6-12-18)21(25)17-29-22(26)20-15-9-10-16-24(20)30(27,28)19-13-7-4-8-14-19/h3-8,11-14,20H,2,9-10,15-17H2,1H3. The summed E-state index contributed by atoms with van der Waals surface area (Å²) >= 11 is 0. The minimum atomic E-state index is -3.82. The van der Waals surface area contributed by atoms with Crippen molar-refractivity contribution in [3.63, 3.8) is 0 Å². The van der Waals surface area contributed by atoms with Crippen LogP contribution in [-0.4, -0.2) is 50.3 Å². The SMILES string of the molecule is CCN(C(=O)COC(=O)C1CCCCN1S(=O)(=O)c1ccccc1)c1ccccc1. The van der Waals surface area contributed by atoms with E-state index in [1.165, 1.54) is 21.3 Å². The number of amides is 1. The molecule has 0 saturated carbocycles. The quantitative estimate of drug-likeness (QED) is 0.631. The van der Waals surface area contributed by atoms with E-state index in [2.05, 4.69) is 0 Å². The van der Waals surface area contributed by atoms with Crippen molar-refractivity contribution in [1.82, 2.24) is 4.31 Å². The number of rotatable bonds is 7. The number of carbonyl (C=O) groups is 2. The van der Waals surface area contributed by atoms with Crippen molar-refractivity contribution in [2.75, 3.05) is 24.6 Å². The summed E-state index contributed by atoms with van der Waals surface area (Å²) in [5.74, 6) is -1.04. The normalized spacial score (nSPS) is 17.3. The van der Waals surface area contributed by atoms with Gasteiger partial charge in [0.15, 0.2) is 6.61 Å². The Morgan fingerprint density at radius 3 is 2.30 bits per heavy atom. The Morgan fingerprint density at radius 2 is 1.67 bits per heavy atom. The molecular weight excluding hydrogens is 404 g/mol. The lowest BCUT2D eigenvalue weighted by Crippen LogP contribution is -2.49. The molecule has 1 aliphatic heterocycles. The topological polar surface area (TPSA) is 84.0 Å². The Kier molecular flexibility index (Phi) is 7.23. The molecular formula is C22H26N2O5S.